The Balaban J connectivity index is 1.90. The molecule has 0 saturated heterocycles. The maximum Gasteiger partial charge on any atom is 0.243 e. The van der Waals surface area contributed by atoms with Crippen molar-refractivity contribution in [2.45, 2.75) is 11.8 Å². The van der Waals surface area contributed by atoms with E-state index < -0.39 is 0 Å². The maximum absolute atomic E-state index is 12.1. The smallest absolute Gasteiger partial charge is 0.243 e. The molecule has 0 heterocycles. The van der Waals surface area contributed by atoms with Gasteiger partial charge in [0.15, 0.2) is 0 Å². The summed E-state index contributed by atoms with van der Waals surface area (Å²) in [6.07, 6.45) is 0. The van der Waals surface area contributed by atoms with Gasteiger partial charge in [-0.15, -0.1) is 11.8 Å². The number of benzene rings is 2. The molecule has 0 saturated carbocycles. The molecule has 0 fully saturated rings. The van der Waals surface area contributed by atoms with E-state index in [4.69, 9.17) is 0 Å². The Labute approximate surface area is 142 Å². The van der Waals surface area contributed by atoms with Gasteiger partial charge in [-0.05, 0) is 42.2 Å². The zero-order valence-electron chi connectivity index (χ0n) is 13.8. The topological polar surface area (TPSA) is 44.4 Å². The van der Waals surface area contributed by atoms with Gasteiger partial charge in [-0.2, -0.15) is 0 Å². The molecule has 0 aliphatic heterocycles. The second-order valence-electron chi connectivity index (χ2n) is 5.27. The molecule has 122 valence electrons. The van der Waals surface area contributed by atoms with Gasteiger partial charge in [-0.25, -0.2) is 0 Å². The summed E-state index contributed by atoms with van der Waals surface area (Å²) in [5, 5.41) is 6.11. The Hall–Kier alpha value is -2.14. The molecule has 1 amide bonds. The average molecular weight is 329 g/mol. The summed E-state index contributed by atoms with van der Waals surface area (Å²) in [4.78, 5) is 15.3. The van der Waals surface area contributed by atoms with Crippen LogP contribution in [0, 0.1) is 0 Å². The van der Waals surface area contributed by atoms with Crippen LogP contribution in [0.3, 0.4) is 0 Å². The van der Waals surface area contributed by atoms with Crippen LogP contribution in [-0.4, -0.2) is 32.3 Å². The number of hydrogen-bond acceptors (Lipinski definition) is 4. The number of thioether (sulfide) groups is 1. The molecule has 2 rings (SSSR count). The average Bonchev–Trinajstić information content (AvgIpc) is 2.55. The van der Waals surface area contributed by atoms with Crippen LogP contribution in [0.4, 0.5) is 17.1 Å². The normalized spacial score (nSPS) is 10.2. The van der Waals surface area contributed by atoms with Crippen molar-refractivity contribution in [3.8, 4) is 0 Å². The van der Waals surface area contributed by atoms with Gasteiger partial charge in [0.25, 0.3) is 0 Å². The van der Waals surface area contributed by atoms with Crippen LogP contribution in [0.25, 0.3) is 0 Å². The van der Waals surface area contributed by atoms with Crippen LogP contribution in [0.2, 0.25) is 0 Å². The van der Waals surface area contributed by atoms with Gasteiger partial charge in [0, 0.05) is 30.4 Å². The van der Waals surface area contributed by atoms with Crippen molar-refractivity contribution in [3.05, 3.63) is 48.5 Å². The van der Waals surface area contributed by atoms with Crippen molar-refractivity contribution >= 4 is 34.7 Å². The second kappa shape index (κ2) is 8.48. The predicted molar refractivity (Wildman–Crippen MR) is 101 cm³/mol. The third kappa shape index (κ3) is 5.21. The zero-order valence-corrected chi connectivity index (χ0v) is 14.6. The number of rotatable bonds is 7. The molecule has 0 spiro atoms. The van der Waals surface area contributed by atoms with E-state index in [1.807, 2.05) is 67.5 Å². The summed E-state index contributed by atoms with van der Waals surface area (Å²) in [6, 6.07) is 15.9. The Morgan fingerprint density at radius 1 is 1.09 bits per heavy atom. The lowest BCUT2D eigenvalue weighted by Gasteiger charge is -2.14. The molecule has 2 aromatic rings. The first-order valence-electron chi connectivity index (χ1n) is 7.63. The molecule has 23 heavy (non-hydrogen) atoms. The molecule has 0 aliphatic carbocycles. The summed E-state index contributed by atoms with van der Waals surface area (Å²) < 4.78 is 0. The number of nitrogens with zero attached hydrogens (tertiary/aromatic N) is 1. The minimum atomic E-state index is -0.0501. The van der Waals surface area contributed by atoms with Crippen LogP contribution >= 0.6 is 11.8 Å². The molecule has 0 atom stereocenters. The number of amides is 1. The number of nitrogens with one attached hydrogen (secondary N) is 2. The minimum absolute atomic E-state index is 0.0501. The lowest BCUT2D eigenvalue weighted by atomic mass is 10.2. The molecule has 5 heteroatoms. The van der Waals surface area contributed by atoms with E-state index in [1.54, 1.807) is 11.8 Å². The van der Waals surface area contributed by atoms with Crippen LogP contribution < -0.4 is 15.5 Å². The molecular weight excluding hydrogens is 306 g/mol. The lowest BCUT2D eigenvalue weighted by Crippen LogP contribution is -2.22. The van der Waals surface area contributed by atoms with E-state index in [1.165, 1.54) is 0 Å². The Bertz CT molecular complexity index is 641. The van der Waals surface area contributed by atoms with Gasteiger partial charge in [-0.1, -0.05) is 19.1 Å². The lowest BCUT2D eigenvalue weighted by molar-refractivity contribution is -0.114. The van der Waals surface area contributed by atoms with Crippen molar-refractivity contribution < 1.29 is 4.79 Å². The first kappa shape index (κ1) is 17.2. The van der Waals surface area contributed by atoms with Crippen molar-refractivity contribution in [1.82, 2.24) is 0 Å². The fraction of sp³-hybridized carbons (Fsp3) is 0.278. The van der Waals surface area contributed by atoms with Crippen LogP contribution in [0.5, 0.6) is 0 Å². The van der Waals surface area contributed by atoms with Gasteiger partial charge in [0.05, 0.1) is 12.2 Å². The Kier molecular flexibility index (Phi) is 6.35. The van der Waals surface area contributed by atoms with Crippen molar-refractivity contribution in [2.24, 2.45) is 0 Å². The summed E-state index contributed by atoms with van der Waals surface area (Å²) in [7, 11) is 4.00. The van der Waals surface area contributed by atoms with Crippen LogP contribution in [0.15, 0.2) is 53.4 Å². The number of para-hydroxylation sites is 1. The summed E-state index contributed by atoms with van der Waals surface area (Å²) in [5.41, 5.74) is 2.93. The molecule has 4 nitrogen and oxygen atoms in total. The highest BCUT2D eigenvalue weighted by Crippen LogP contribution is 2.26. The quantitative estimate of drug-likeness (QED) is 0.756. The van der Waals surface area contributed by atoms with E-state index in [-0.39, 0.29) is 12.5 Å². The van der Waals surface area contributed by atoms with Gasteiger partial charge in [-0.3, -0.25) is 4.79 Å². The third-order valence-electron chi connectivity index (χ3n) is 3.30. The second-order valence-corrected chi connectivity index (χ2v) is 6.58. The highest BCUT2D eigenvalue weighted by Gasteiger charge is 2.06. The molecule has 0 unspecified atom stereocenters. The van der Waals surface area contributed by atoms with Crippen LogP contribution in [-0.2, 0) is 4.79 Å². The molecule has 0 radical (unpaired) electrons. The third-order valence-corrected chi connectivity index (χ3v) is 4.25. The molecule has 2 aromatic carbocycles. The zero-order chi connectivity index (χ0) is 16.7. The minimum Gasteiger partial charge on any atom is -0.378 e. The Morgan fingerprint density at radius 2 is 1.78 bits per heavy atom. The summed E-state index contributed by atoms with van der Waals surface area (Å²) in [5.74, 6) is 0.925. The number of carbonyl (C=O) groups is 1. The molecule has 0 bridgehead atoms. The van der Waals surface area contributed by atoms with Gasteiger partial charge in [0.2, 0.25) is 5.91 Å². The van der Waals surface area contributed by atoms with Crippen molar-refractivity contribution in [2.75, 3.05) is 41.9 Å². The fourth-order valence-corrected chi connectivity index (χ4v) is 2.87. The van der Waals surface area contributed by atoms with Gasteiger partial charge < -0.3 is 15.5 Å². The highest BCUT2D eigenvalue weighted by molar-refractivity contribution is 7.99. The van der Waals surface area contributed by atoms with E-state index in [2.05, 4.69) is 17.6 Å². The van der Waals surface area contributed by atoms with E-state index >= 15 is 0 Å². The van der Waals surface area contributed by atoms with E-state index in [0.29, 0.717) is 0 Å². The van der Waals surface area contributed by atoms with E-state index in [9.17, 15) is 4.79 Å². The van der Waals surface area contributed by atoms with Crippen molar-refractivity contribution in [1.29, 1.82) is 0 Å². The van der Waals surface area contributed by atoms with Gasteiger partial charge in [0.1, 0.15) is 0 Å². The first-order chi connectivity index (χ1) is 11.1. The van der Waals surface area contributed by atoms with Crippen molar-refractivity contribution in [3.63, 3.8) is 0 Å². The first-order valence-corrected chi connectivity index (χ1v) is 8.61. The SMILES string of the molecule is CCSc1ccccc1NC(=O)CNc1ccc(N(C)C)cc1. The largest absolute Gasteiger partial charge is 0.378 e. The predicted octanol–water partition coefficient (Wildman–Crippen LogP) is 3.92. The highest BCUT2D eigenvalue weighted by atomic mass is 32.2. The standard InChI is InChI=1S/C18H23N3OS/c1-4-23-17-8-6-5-7-16(17)20-18(22)13-19-14-9-11-15(12-10-14)21(2)3/h5-12,19H,4,13H2,1-3H3,(H,20,22). The molecule has 0 aliphatic rings. The monoisotopic (exact) mass is 329 g/mol. The van der Waals surface area contributed by atoms with Crippen LogP contribution in [0.1, 0.15) is 6.92 Å². The molecule has 0 aromatic heterocycles. The Morgan fingerprint density at radius 3 is 2.43 bits per heavy atom. The molecule has 2 N–H and O–H groups in total. The fourth-order valence-electron chi connectivity index (χ4n) is 2.11. The summed E-state index contributed by atoms with van der Waals surface area (Å²) in [6.45, 7) is 2.34. The number of anilines is 3. The maximum atomic E-state index is 12.1. The number of carbonyl (C=O) groups excluding carboxylic acids is 1. The van der Waals surface area contributed by atoms with Gasteiger partial charge >= 0.3 is 0 Å². The summed E-state index contributed by atoms with van der Waals surface area (Å²) >= 11 is 1.72. The number of hydrogen-bond donors (Lipinski definition) is 2. The van der Waals surface area contributed by atoms with E-state index in [0.717, 1.165) is 27.7 Å². The molecular formula is C18H23N3OS.